The summed E-state index contributed by atoms with van der Waals surface area (Å²) in [6.07, 6.45) is 7.06. The van der Waals surface area contributed by atoms with Crippen LogP contribution in [0, 0.1) is 11.8 Å². The van der Waals surface area contributed by atoms with Crippen LogP contribution in [0.25, 0.3) is 0 Å². The van der Waals surface area contributed by atoms with E-state index in [0.717, 1.165) is 36.6 Å². The summed E-state index contributed by atoms with van der Waals surface area (Å²) >= 11 is 1.53. The molecule has 8 heteroatoms. The molecule has 0 aromatic carbocycles. The van der Waals surface area contributed by atoms with Gasteiger partial charge in [0.25, 0.3) is 0 Å². The highest BCUT2D eigenvalue weighted by Gasteiger charge is 2.32. The van der Waals surface area contributed by atoms with Gasteiger partial charge in [-0.15, -0.1) is 36.2 Å². The average molecular weight is 395 g/mol. The molecule has 2 heterocycles. The molecular weight excluding hydrogens is 367 g/mol. The minimum absolute atomic E-state index is 0. The largest absolute Gasteiger partial charge is 0.330 e. The van der Waals surface area contributed by atoms with Crippen molar-refractivity contribution >= 4 is 47.2 Å². The third-order valence-corrected chi connectivity index (χ3v) is 5.72. The number of carbonyl (C=O) groups is 1. The minimum atomic E-state index is 0. The Hall–Kier alpha value is -0.400. The van der Waals surface area contributed by atoms with E-state index in [1.165, 1.54) is 43.7 Å². The second-order valence-corrected chi connectivity index (χ2v) is 7.36. The quantitative estimate of drug-likeness (QED) is 0.803. The first kappa shape index (κ1) is 21.6. The van der Waals surface area contributed by atoms with E-state index in [9.17, 15) is 4.79 Å². The first-order valence-electron chi connectivity index (χ1n) is 8.44. The van der Waals surface area contributed by atoms with Gasteiger partial charge in [-0.05, 0) is 51.2 Å². The zero-order valence-corrected chi connectivity index (χ0v) is 16.4. The zero-order chi connectivity index (χ0) is 15.4. The lowest BCUT2D eigenvalue weighted by Gasteiger charge is -2.25. The highest BCUT2D eigenvalue weighted by molar-refractivity contribution is 7.13. The number of nitrogens with zero attached hydrogens (tertiary/aromatic N) is 2. The standard InChI is InChI=1S/C16H26N4OS.2ClH/c17-9-12-5-4-6-14(12)15(21)19-16-18-13(11-22-16)10-20-7-2-1-3-8-20;;/h11-12,14H,1-10,17H2,(H,18,19,21);2*1H/t12-,14-;;/m1../s1. The lowest BCUT2D eigenvalue weighted by molar-refractivity contribution is -0.120. The van der Waals surface area contributed by atoms with Crippen molar-refractivity contribution < 1.29 is 4.79 Å². The number of likely N-dealkylation sites (tertiary alicyclic amines) is 1. The van der Waals surface area contributed by atoms with E-state index in [1.54, 1.807) is 0 Å². The van der Waals surface area contributed by atoms with Gasteiger partial charge < -0.3 is 11.1 Å². The number of piperidine rings is 1. The van der Waals surface area contributed by atoms with Gasteiger partial charge in [-0.2, -0.15) is 0 Å². The molecule has 1 amide bonds. The Labute approximate surface area is 160 Å². The third-order valence-electron chi connectivity index (χ3n) is 4.91. The molecule has 3 N–H and O–H groups in total. The number of anilines is 1. The fourth-order valence-corrected chi connectivity index (χ4v) is 4.35. The Morgan fingerprint density at radius 1 is 1.25 bits per heavy atom. The molecule has 1 saturated carbocycles. The molecule has 24 heavy (non-hydrogen) atoms. The van der Waals surface area contributed by atoms with Crippen molar-refractivity contribution in [1.29, 1.82) is 0 Å². The summed E-state index contributed by atoms with van der Waals surface area (Å²) in [5.74, 6) is 0.513. The second-order valence-electron chi connectivity index (χ2n) is 6.50. The van der Waals surface area contributed by atoms with Gasteiger partial charge >= 0.3 is 0 Å². The molecule has 1 aliphatic carbocycles. The summed E-state index contributed by atoms with van der Waals surface area (Å²) in [4.78, 5) is 19.4. The van der Waals surface area contributed by atoms with Crippen molar-refractivity contribution in [3.63, 3.8) is 0 Å². The summed E-state index contributed by atoms with van der Waals surface area (Å²) in [6, 6.07) is 0. The number of hydrogen-bond donors (Lipinski definition) is 2. The van der Waals surface area contributed by atoms with E-state index in [-0.39, 0.29) is 36.6 Å². The van der Waals surface area contributed by atoms with Crippen molar-refractivity contribution in [3.05, 3.63) is 11.1 Å². The van der Waals surface area contributed by atoms with E-state index in [1.807, 2.05) is 0 Å². The number of hydrogen-bond acceptors (Lipinski definition) is 5. The monoisotopic (exact) mass is 394 g/mol. The molecule has 138 valence electrons. The SMILES string of the molecule is Cl.Cl.NC[C@H]1CCC[C@H]1C(=O)Nc1nc(CN2CCCCC2)cs1. The van der Waals surface area contributed by atoms with E-state index in [4.69, 9.17) is 5.73 Å². The number of carbonyl (C=O) groups excluding carboxylic acids is 1. The molecule has 2 fully saturated rings. The van der Waals surface area contributed by atoms with Gasteiger partial charge in [-0.1, -0.05) is 12.8 Å². The summed E-state index contributed by atoms with van der Waals surface area (Å²) in [5, 5.41) is 5.80. The Morgan fingerprint density at radius 2 is 2.00 bits per heavy atom. The highest BCUT2D eigenvalue weighted by atomic mass is 35.5. The summed E-state index contributed by atoms with van der Waals surface area (Å²) in [5.41, 5.74) is 6.84. The van der Waals surface area contributed by atoms with E-state index in [0.29, 0.717) is 12.5 Å². The zero-order valence-electron chi connectivity index (χ0n) is 13.9. The van der Waals surface area contributed by atoms with Gasteiger partial charge in [0, 0.05) is 17.8 Å². The summed E-state index contributed by atoms with van der Waals surface area (Å²) in [6.45, 7) is 3.84. The van der Waals surface area contributed by atoms with Crippen LogP contribution in [-0.2, 0) is 11.3 Å². The van der Waals surface area contributed by atoms with Crippen LogP contribution in [-0.4, -0.2) is 35.4 Å². The average Bonchev–Trinajstić information content (AvgIpc) is 3.17. The molecule has 0 radical (unpaired) electrons. The van der Waals surface area contributed by atoms with Crippen LogP contribution in [0.3, 0.4) is 0 Å². The number of rotatable bonds is 5. The molecule has 0 bridgehead atoms. The third kappa shape index (κ3) is 5.56. The molecule has 0 unspecified atom stereocenters. The molecule has 0 spiro atoms. The van der Waals surface area contributed by atoms with Crippen molar-refractivity contribution in [3.8, 4) is 0 Å². The molecular formula is C16H28Cl2N4OS. The number of thiazole rings is 1. The lowest BCUT2D eigenvalue weighted by Crippen LogP contribution is -2.30. The number of halogens is 2. The fourth-order valence-electron chi connectivity index (χ4n) is 3.65. The van der Waals surface area contributed by atoms with Gasteiger partial charge in [0.15, 0.2) is 5.13 Å². The van der Waals surface area contributed by atoms with Gasteiger partial charge in [-0.3, -0.25) is 9.69 Å². The van der Waals surface area contributed by atoms with Gasteiger partial charge in [-0.25, -0.2) is 4.98 Å². The summed E-state index contributed by atoms with van der Waals surface area (Å²) in [7, 11) is 0. The molecule has 5 nitrogen and oxygen atoms in total. The molecule has 3 rings (SSSR count). The van der Waals surface area contributed by atoms with Crippen molar-refractivity contribution in [1.82, 2.24) is 9.88 Å². The predicted molar refractivity (Wildman–Crippen MR) is 104 cm³/mol. The predicted octanol–water partition coefficient (Wildman–Crippen LogP) is 3.29. The molecule has 1 aliphatic heterocycles. The first-order valence-corrected chi connectivity index (χ1v) is 9.32. The van der Waals surface area contributed by atoms with E-state index in [2.05, 4.69) is 20.6 Å². The van der Waals surface area contributed by atoms with Gasteiger partial charge in [0.1, 0.15) is 0 Å². The highest BCUT2D eigenvalue weighted by Crippen LogP contribution is 2.32. The topological polar surface area (TPSA) is 71.2 Å². The Morgan fingerprint density at radius 3 is 2.71 bits per heavy atom. The van der Waals surface area contributed by atoms with Crippen molar-refractivity contribution in [2.24, 2.45) is 17.6 Å². The normalized spacial score (nSPS) is 24.0. The second kappa shape index (κ2) is 10.6. The van der Waals surface area contributed by atoms with Crippen LogP contribution in [0.2, 0.25) is 0 Å². The number of nitrogens with two attached hydrogens (primary N) is 1. The number of aromatic nitrogens is 1. The van der Waals surface area contributed by atoms with E-state index < -0.39 is 0 Å². The lowest BCUT2D eigenvalue weighted by atomic mass is 9.95. The smallest absolute Gasteiger partial charge is 0.229 e. The van der Waals surface area contributed by atoms with Crippen LogP contribution in [0.15, 0.2) is 5.38 Å². The van der Waals surface area contributed by atoms with Crippen molar-refractivity contribution in [2.45, 2.75) is 45.1 Å². The van der Waals surface area contributed by atoms with Crippen LogP contribution in [0.4, 0.5) is 5.13 Å². The van der Waals surface area contributed by atoms with Crippen LogP contribution in [0.1, 0.15) is 44.2 Å². The van der Waals surface area contributed by atoms with Gasteiger partial charge in [0.05, 0.1) is 5.69 Å². The van der Waals surface area contributed by atoms with Crippen LogP contribution in [0.5, 0.6) is 0 Å². The minimum Gasteiger partial charge on any atom is -0.330 e. The molecule has 1 saturated heterocycles. The van der Waals surface area contributed by atoms with Crippen LogP contribution >= 0.6 is 36.2 Å². The molecule has 1 aromatic rings. The summed E-state index contributed by atoms with van der Waals surface area (Å²) < 4.78 is 0. The maximum absolute atomic E-state index is 12.4. The Bertz CT molecular complexity index is 508. The van der Waals surface area contributed by atoms with Crippen LogP contribution < -0.4 is 11.1 Å². The van der Waals surface area contributed by atoms with Gasteiger partial charge in [0.2, 0.25) is 5.91 Å². The maximum Gasteiger partial charge on any atom is 0.229 e. The fraction of sp³-hybridized carbons (Fsp3) is 0.750. The Balaban J connectivity index is 0.00000144. The Kier molecular flexibility index (Phi) is 9.52. The number of nitrogens with one attached hydrogen (secondary N) is 1. The van der Waals surface area contributed by atoms with E-state index >= 15 is 0 Å². The molecule has 2 aliphatic rings. The molecule has 1 aromatic heterocycles. The molecule has 2 atom stereocenters. The number of amides is 1. The first-order chi connectivity index (χ1) is 10.8. The maximum atomic E-state index is 12.4. The van der Waals surface area contributed by atoms with Crippen molar-refractivity contribution in [2.75, 3.05) is 25.0 Å².